The van der Waals surface area contributed by atoms with Gasteiger partial charge in [-0.2, -0.15) is 5.10 Å². The second-order valence-corrected chi connectivity index (χ2v) is 7.16. The lowest BCUT2D eigenvalue weighted by molar-refractivity contribution is -0.0510. The van der Waals surface area contributed by atoms with Crippen LogP contribution < -0.4 is 10.6 Å². The quantitative estimate of drug-likeness (QED) is 0.701. The van der Waals surface area contributed by atoms with E-state index < -0.39 is 12.0 Å². The number of alkyl halides is 2. The molecule has 2 fully saturated rings. The molecule has 2 aliphatic rings. The fourth-order valence-electron chi connectivity index (χ4n) is 3.38. The fraction of sp³-hybridized carbons (Fsp3) is 0.765. The van der Waals surface area contributed by atoms with Gasteiger partial charge in [0.05, 0.1) is 24.9 Å². The van der Waals surface area contributed by atoms with Crippen LogP contribution in [0.1, 0.15) is 50.1 Å². The van der Waals surface area contributed by atoms with Crippen molar-refractivity contribution in [3.05, 3.63) is 18.0 Å². The van der Waals surface area contributed by atoms with Crippen molar-refractivity contribution in [2.75, 3.05) is 13.2 Å². The minimum Gasteiger partial charge on any atom is -0.394 e. The number of aromatic nitrogens is 2. The Morgan fingerprint density at radius 1 is 1.36 bits per heavy atom. The molecule has 1 atom stereocenters. The molecule has 1 unspecified atom stereocenters. The van der Waals surface area contributed by atoms with E-state index in [1.54, 1.807) is 4.68 Å². The number of carbonyl (C=O) groups excluding carboxylic acids is 1. The van der Waals surface area contributed by atoms with Gasteiger partial charge in [0.2, 0.25) is 5.92 Å². The Morgan fingerprint density at radius 2 is 2.08 bits per heavy atom. The van der Waals surface area contributed by atoms with E-state index >= 15 is 0 Å². The minimum atomic E-state index is -2.61. The molecule has 3 N–H and O–H groups in total. The number of nitrogens with zero attached hydrogens (tertiary/aromatic N) is 2. The Hall–Kier alpha value is -1.70. The molecule has 6 nitrogen and oxygen atoms in total. The molecule has 0 aromatic carbocycles. The maximum absolute atomic E-state index is 13.2. The Kier molecular flexibility index (Phi) is 5.56. The average molecular weight is 356 g/mol. The first-order valence-electron chi connectivity index (χ1n) is 9.03. The lowest BCUT2D eigenvalue weighted by atomic mass is 9.82. The van der Waals surface area contributed by atoms with E-state index in [2.05, 4.69) is 15.7 Å². The number of hydrogen-bond donors (Lipinski definition) is 3. The van der Waals surface area contributed by atoms with Crippen molar-refractivity contribution in [1.29, 1.82) is 0 Å². The zero-order chi connectivity index (χ0) is 17.9. The van der Waals surface area contributed by atoms with Crippen LogP contribution in [0.15, 0.2) is 12.3 Å². The predicted molar refractivity (Wildman–Crippen MR) is 88.5 cm³/mol. The van der Waals surface area contributed by atoms with E-state index in [-0.39, 0.29) is 31.4 Å². The van der Waals surface area contributed by atoms with Crippen molar-refractivity contribution in [2.45, 2.75) is 63.0 Å². The topological polar surface area (TPSA) is 79.2 Å². The molecule has 0 radical (unpaired) electrons. The molecule has 1 aromatic rings. The number of halogens is 2. The molecule has 1 aromatic heterocycles. The molecule has 0 spiro atoms. The van der Waals surface area contributed by atoms with Crippen molar-refractivity contribution in [3.8, 4) is 0 Å². The summed E-state index contributed by atoms with van der Waals surface area (Å²) in [7, 11) is 0. The summed E-state index contributed by atoms with van der Waals surface area (Å²) in [4.78, 5) is 12.0. The second-order valence-electron chi connectivity index (χ2n) is 7.16. The number of urea groups is 1. The van der Waals surface area contributed by atoms with E-state index in [4.69, 9.17) is 0 Å². The molecule has 0 aliphatic heterocycles. The largest absolute Gasteiger partial charge is 0.394 e. The highest BCUT2D eigenvalue weighted by atomic mass is 19.3. The Labute approximate surface area is 146 Å². The van der Waals surface area contributed by atoms with Crippen LogP contribution in [0.25, 0.3) is 0 Å². The highest BCUT2D eigenvalue weighted by Crippen LogP contribution is 2.39. The standard InChI is InChI=1S/C17H26F2N4O2/c18-17(19)6-3-13(4-7-17)15(11-24)21-16(25)20-8-10-23-9-5-14(22-23)12-1-2-12/h5,9,12-13,15,24H,1-4,6-8,10-11H2,(H2,20,21,25). The molecule has 0 saturated heterocycles. The zero-order valence-corrected chi connectivity index (χ0v) is 14.3. The molecule has 2 aliphatic carbocycles. The summed E-state index contributed by atoms with van der Waals surface area (Å²) in [5.41, 5.74) is 1.11. The monoisotopic (exact) mass is 356 g/mol. The normalized spacial score (nSPS) is 21.7. The van der Waals surface area contributed by atoms with Crippen molar-refractivity contribution in [1.82, 2.24) is 20.4 Å². The van der Waals surface area contributed by atoms with Crippen LogP contribution in [0.3, 0.4) is 0 Å². The molecule has 2 amide bonds. The molecule has 1 heterocycles. The van der Waals surface area contributed by atoms with Gasteiger partial charge < -0.3 is 15.7 Å². The third kappa shape index (κ3) is 5.14. The molecule has 3 rings (SSSR count). The highest BCUT2D eigenvalue weighted by molar-refractivity contribution is 5.74. The summed E-state index contributed by atoms with van der Waals surface area (Å²) >= 11 is 0. The number of amides is 2. The average Bonchev–Trinajstić information content (AvgIpc) is 3.32. The summed E-state index contributed by atoms with van der Waals surface area (Å²) in [6.45, 7) is 0.742. The molecule has 140 valence electrons. The van der Waals surface area contributed by atoms with Crippen molar-refractivity contribution >= 4 is 6.03 Å². The van der Waals surface area contributed by atoms with Crippen LogP contribution in [-0.2, 0) is 6.54 Å². The SMILES string of the molecule is O=C(NCCn1ccc(C2CC2)n1)NC(CO)C1CCC(F)(F)CC1. The number of hydrogen-bond acceptors (Lipinski definition) is 3. The van der Waals surface area contributed by atoms with Gasteiger partial charge in [0.25, 0.3) is 0 Å². The summed E-state index contributed by atoms with van der Waals surface area (Å²) in [5, 5.41) is 19.4. The number of aliphatic hydroxyl groups is 1. The molecule has 25 heavy (non-hydrogen) atoms. The van der Waals surface area contributed by atoms with Gasteiger partial charge in [0.15, 0.2) is 0 Å². The summed E-state index contributed by atoms with van der Waals surface area (Å²) in [6.07, 6.45) is 4.58. The van der Waals surface area contributed by atoms with Gasteiger partial charge in [-0.3, -0.25) is 4.68 Å². The van der Waals surface area contributed by atoms with Crippen LogP contribution in [-0.4, -0.2) is 46.0 Å². The highest BCUT2D eigenvalue weighted by Gasteiger charge is 2.37. The van der Waals surface area contributed by atoms with E-state index in [0.717, 1.165) is 5.69 Å². The van der Waals surface area contributed by atoms with E-state index in [0.29, 0.717) is 31.8 Å². The maximum atomic E-state index is 13.2. The Morgan fingerprint density at radius 3 is 2.72 bits per heavy atom. The van der Waals surface area contributed by atoms with E-state index in [1.807, 2.05) is 12.3 Å². The first-order chi connectivity index (χ1) is 12.0. The smallest absolute Gasteiger partial charge is 0.315 e. The lowest BCUT2D eigenvalue weighted by Crippen LogP contribution is -2.49. The lowest BCUT2D eigenvalue weighted by Gasteiger charge is -2.33. The van der Waals surface area contributed by atoms with E-state index in [1.165, 1.54) is 12.8 Å². The first kappa shape index (κ1) is 18.1. The third-order valence-electron chi connectivity index (χ3n) is 5.13. The zero-order valence-electron chi connectivity index (χ0n) is 14.3. The third-order valence-corrected chi connectivity index (χ3v) is 5.13. The Balaban J connectivity index is 1.38. The van der Waals surface area contributed by atoms with Gasteiger partial charge in [0, 0.05) is 31.5 Å². The van der Waals surface area contributed by atoms with Crippen molar-refractivity contribution in [2.24, 2.45) is 5.92 Å². The fourth-order valence-corrected chi connectivity index (χ4v) is 3.38. The Bertz CT molecular complexity index is 579. The summed E-state index contributed by atoms with van der Waals surface area (Å²) in [6, 6.07) is 1.14. The summed E-state index contributed by atoms with van der Waals surface area (Å²) in [5.74, 6) is -2.12. The molecule has 8 heteroatoms. The van der Waals surface area contributed by atoms with Crippen LogP contribution in [0.2, 0.25) is 0 Å². The van der Waals surface area contributed by atoms with Gasteiger partial charge in [-0.1, -0.05) is 0 Å². The van der Waals surface area contributed by atoms with Gasteiger partial charge in [-0.25, -0.2) is 13.6 Å². The van der Waals surface area contributed by atoms with E-state index in [9.17, 15) is 18.7 Å². The van der Waals surface area contributed by atoms with Crippen LogP contribution in [0.5, 0.6) is 0 Å². The number of aliphatic hydroxyl groups excluding tert-OH is 1. The first-order valence-corrected chi connectivity index (χ1v) is 9.03. The number of rotatable bonds is 7. The van der Waals surface area contributed by atoms with Gasteiger partial charge in [-0.15, -0.1) is 0 Å². The number of carbonyl (C=O) groups is 1. The molecule has 0 bridgehead atoms. The van der Waals surface area contributed by atoms with Gasteiger partial charge >= 0.3 is 6.03 Å². The molecular weight excluding hydrogens is 330 g/mol. The predicted octanol–water partition coefficient (Wildman–Crippen LogP) is 2.25. The van der Waals surface area contributed by atoms with Crippen LogP contribution >= 0.6 is 0 Å². The minimum absolute atomic E-state index is 0.109. The maximum Gasteiger partial charge on any atom is 0.315 e. The summed E-state index contributed by atoms with van der Waals surface area (Å²) < 4.78 is 28.2. The van der Waals surface area contributed by atoms with Crippen LogP contribution in [0, 0.1) is 5.92 Å². The van der Waals surface area contributed by atoms with Gasteiger partial charge in [-0.05, 0) is 37.7 Å². The number of nitrogens with one attached hydrogen (secondary N) is 2. The van der Waals surface area contributed by atoms with Crippen LogP contribution in [0.4, 0.5) is 13.6 Å². The second kappa shape index (κ2) is 7.68. The molecule has 2 saturated carbocycles. The van der Waals surface area contributed by atoms with Crippen molar-refractivity contribution in [3.63, 3.8) is 0 Å². The molecular formula is C17H26F2N4O2. The van der Waals surface area contributed by atoms with Crippen molar-refractivity contribution < 1.29 is 18.7 Å². The van der Waals surface area contributed by atoms with Gasteiger partial charge in [0.1, 0.15) is 0 Å².